The molecule has 0 radical (unpaired) electrons. The molecule has 4 aromatic carbocycles. The Hall–Kier alpha value is -3.08. The fourth-order valence-corrected chi connectivity index (χ4v) is 4.81. The molecule has 0 aliphatic carbocycles. The molecule has 0 spiro atoms. The fraction of sp³-hybridized carbons (Fsp3) is 0.0769. The van der Waals surface area contributed by atoms with Crippen LogP contribution in [-0.2, 0) is 5.75 Å². The van der Waals surface area contributed by atoms with Crippen LogP contribution in [-0.4, -0.2) is 14.8 Å². The number of aryl methyl sites for hydroxylation is 1. The van der Waals surface area contributed by atoms with E-state index in [2.05, 4.69) is 88.4 Å². The van der Waals surface area contributed by atoms with Crippen molar-refractivity contribution in [2.24, 2.45) is 0 Å². The van der Waals surface area contributed by atoms with Gasteiger partial charge in [0.05, 0.1) is 0 Å². The summed E-state index contributed by atoms with van der Waals surface area (Å²) >= 11 is 7.94. The third kappa shape index (κ3) is 4.09. The zero-order chi connectivity index (χ0) is 21.2. The van der Waals surface area contributed by atoms with Gasteiger partial charge in [-0.2, -0.15) is 0 Å². The van der Waals surface area contributed by atoms with Crippen LogP contribution in [0.2, 0.25) is 5.02 Å². The first-order valence-electron chi connectivity index (χ1n) is 10.1. The smallest absolute Gasteiger partial charge is 0.196 e. The molecule has 5 aromatic rings. The van der Waals surface area contributed by atoms with Crippen molar-refractivity contribution >= 4 is 34.1 Å². The van der Waals surface area contributed by atoms with Gasteiger partial charge in [0.2, 0.25) is 0 Å². The molecule has 0 fully saturated rings. The van der Waals surface area contributed by atoms with E-state index in [0.29, 0.717) is 5.02 Å². The molecule has 152 valence electrons. The summed E-state index contributed by atoms with van der Waals surface area (Å²) in [4.78, 5) is 0. The van der Waals surface area contributed by atoms with Gasteiger partial charge in [0.25, 0.3) is 0 Å². The molecule has 0 saturated carbocycles. The largest absolute Gasteiger partial charge is 0.270 e. The van der Waals surface area contributed by atoms with Crippen LogP contribution in [0.15, 0.2) is 96.2 Å². The second-order valence-electron chi connectivity index (χ2n) is 7.41. The van der Waals surface area contributed by atoms with Crippen LogP contribution in [0.5, 0.6) is 0 Å². The molecule has 0 unspecified atom stereocenters. The number of thioether (sulfide) groups is 1. The van der Waals surface area contributed by atoms with Crippen molar-refractivity contribution in [2.75, 3.05) is 0 Å². The zero-order valence-electron chi connectivity index (χ0n) is 17.0. The Morgan fingerprint density at radius 2 is 1.61 bits per heavy atom. The average Bonchev–Trinajstić information content (AvgIpc) is 3.22. The summed E-state index contributed by atoms with van der Waals surface area (Å²) in [6, 6.07) is 31.1. The van der Waals surface area contributed by atoms with Gasteiger partial charge in [-0.15, -0.1) is 10.2 Å². The highest BCUT2D eigenvalue weighted by Gasteiger charge is 2.17. The summed E-state index contributed by atoms with van der Waals surface area (Å²) in [5, 5.41) is 13.1. The van der Waals surface area contributed by atoms with Gasteiger partial charge in [-0.1, -0.05) is 95.7 Å². The minimum absolute atomic E-state index is 0.681. The molecular formula is C26H20ClN3S. The maximum atomic E-state index is 6.25. The maximum Gasteiger partial charge on any atom is 0.196 e. The number of nitrogens with zero attached hydrogens (tertiary/aromatic N) is 3. The van der Waals surface area contributed by atoms with Gasteiger partial charge in [0.15, 0.2) is 11.0 Å². The third-order valence-electron chi connectivity index (χ3n) is 5.25. The highest BCUT2D eigenvalue weighted by Crippen LogP contribution is 2.32. The number of fused-ring (bicyclic) bond motifs is 1. The van der Waals surface area contributed by atoms with Crippen molar-refractivity contribution in [3.8, 4) is 17.1 Å². The van der Waals surface area contributed by atoms with E-state index in [0.717, 1.165) is 28.0 Å². The monoisotopic (exact) mass is 441 g/mol. The van der Waals surface area contributed by atoms with E-state index in [-0.39, 0.29) is 0 Å². The molecule has 31 heavy (non-hydrogen) atoms. The van der Waals surface area contributed by atoms with E-state index in [1.807, 2.05) is 24.3 Å². The molecule has 1 aromatic heterocycles. The number of halogens is 1. The van der Waals surface area contributed by atoms with E-state index < -0.39 is 0 Å². The highest BCUT2D eigenvalue weighted by atomic mass is 35.5. The Morgan fingerprint density at radius 3 is 2.45 bits per heavy atom. The van der Waals surface area contributed by atoms with Gasteiger partial charge in [0.1, 0.15) is 0 Å². The first kappa shape index (κ1) is 19.9. The van der Waals surface area contributed by atoms with Crippen LogP contribution in [0, 0.1) is 6.92 Å². The molecule has 5 heteroatoms. The Labute approximate surface area is 190 Å². The van der Waals surface area contributed by atoms with E-state index in [1.165, 1.54) is 21.9 Å². The normalized spacial score (nSPS) is 11.2. The standard InChI is InChI=1S/C26H20ClN3S/c1-18-12-14-23(15-13-18)30-25(20-8-5-10-22(27)16-20)28-29-26(30)31-17-21-9-4-7-19-6-2-3-11-24(19)21/h2-16H,17H2,1H3. The minimum Gasteiger partial charge on any atom is -0.270 e. The predicted octanol–water partition coefficient (Wildman–Crippen LogP) is 7.34. The van der Waals surface area contributed by atoms with Gasteiger partial charge < -0.3 is 0 Å². The molecular weight excluding hydrogens is 422 g/mol. The second kappa shape index (κ2) is 8.58. The van der Waals surface area contributed by atoms with Crippen LogP contribution < -0.4 is 0 Å². The topological polar surface area (TPSA) is 30.7 Å². The maximum absolute atomic E-state index is 6.25. The van der Waals surface area contributed by atoms with Crippen molar-refractivity contribution in [2.45, 2.75) is 17.8 Å². The molecule has 1 heterocycles. The number of aromatic nitrogens is 3. The van der Waals surface area contributed by atoms with Crippen molar-refractivity contribution in [1.29, 1.82) is 0 Å². The summed E-state index contributed by atoms with van der Waals surface area (Å²) in [5.74, 6) is 1.59. The summed E-state index contributed by atoms with van der Waals surface area (Å²) in [6.45, 7) is 2.09. The second-order valence-corrected chi connectivity index (χ2v) is 8.79. The molecule has 0 aliphatic heterocycles. The number of benzene rings is 4. The van der Waals surface area contributed by atoms with Gasteiger partial charge in [-0.25, -0.2) is 0 Å². The van der Waals surface area contributed by atoms with Crippen molar-refractivity contribution in [3.05, 3.63) is 107 Å². The van der Waals surface area contributed by atoms with Gasteiger partial charge in [-0.05, 0) is 47.5 Å². The van der Waals surface area contributed by atoms with Crippen LogP contribution in [0.4, 0.5) is 0 Å². The van der Waals surface area contributed by atoms with Crippen LogP contribution >= 0.6 is 23.4 Å². The third-order valence-corrected chi connectivity index (χ3v) is 6.46. The van der Waals surface area contributed by atoms with Crippen LogP contribution in [0.25, 0.3) is 27.8 Å². The molecule has 0 atom stereocenters. The Balaban J connectivity index is 1.56. The number of hydrogen-bond acceptors (Lipinski definition) is 3. The molecule has 0 saturated heterocycles. The molecule has 0 bridgehead atoms. The summed E-state index contributed by atoms with van der Waals surface area (Å²) in [6.07, 6.45) is 0. The molecule has 0 amide bonds. The van der Waals surface area contributed by atoms with Gasteiger partial charge in [0, 0.05) is 22.0 Å². The number of hydrogen-bond donors (Lipinski definition) is 0. The lowest BCUT2D eigenvalue weighted by molar-refractivity contribution is 0.885. The van der Waals surface area contributed by atoms with E-state index in [1.54, 1.807) is 11.8 Å². The summed E-state index contributed by atoms with van der Waals surface area (Å²) < 4.78 is 2.11. The quantitative estimate of drug-likeness (QED) is 0.267. The molecule has 5 rings (SSSR count). The molecule has 0 aliphatic rings. The van der Waals surface area contributed by atoms with Crippen molar-refractivity contribution < 1.29 is 0 Å². The van der Waals surface area contributed by atoms with E-state index in [9.17, 15) is 0 Å². The number of rotatable bonds is 5. The van der Waals surface area contributed by atoms with E-state index >= 15 is 0 Å². The minimum atomic E-state index is 0.681. The molecule has 0 N–H and O–H groups in total. The SMILES string of the molecule is Cc1ccc(-n2c(SCc3cccc4ccccc34)nnc2-c2cccc(Cl)c2)cc1. The first-order valence-corrected chi connectivity index (χ1v) is 11.4. The lowest BCUT2D eigenvalue weighted by Crippen LogP contribution is -2.00. The molecule has 3 nitrogen and oxygen atoms in total. The van der Waals surface area contributed by atoms with Gasteiger partial charge >= 0.3 is 0 Å². The summed E-state index contributed by atoms with van der Waals surface area (Å²) in [5.41, 5.74) is 4.47. The van der Waals surface area contributed by atoms with Crippen molar-refractivity contribution in [3.63, 3.8) is 0 Å². The lowest BCUT2D eigenvalue weighted by Gasteiger charge is -2.12. The Kier molecular flexibility index (Phi) is 5.49. The zero-order valence-corrected chi connectivity index (χ0v) is 18.6. The van der Waals surface area contributed by atoms with E-state index in [4.69, 9.17) is 11.6 Å². The Bertz CT molecular complexity index is 1350. The average molecular weight is 442 g/mol. The van der Waals surface area contributed by atoms with Crippen LogP contribution in [0.1, 0.15) is 11.1 Å². The van der Waals surface area contributed by atoms with Crippen molar-refractivity contribution in [1.82, 2.24) is 14.8 Å². The van der Waals surface area contributed by atoms with Gasteiger partial charge in [-0.3, -0.25) is 4.57 Å². The first-order chi connectivity index (χ1) is 15.2. The Morgan fingerprint density at radius 1 is 0.839 bits per heavy atom. The highest BCUT2D eigenvalue weighted by molar-refractivity contribution is 7.98. The predicted molar refractivity (Wildman–Crippen MR) is 130 cm³/mol. The fourth-order valence-electron chi connectivity index (χ4n) is 3.67. The van der Waals surface area contributed by atoms with Crippen LogP contribution in [0.3, 0.4) is 0 Å². The summed E-state index contributed by atoms with van der Waals surface area (Å²) in [7, 11) is 0. The lowest BCUT2D eigenvalue weighted by atomic mass is 10.1.